The Balaban J connectivity index is 2.05. The Morgan fingerprint density at radius 2 is 1.78 bits per heavy atom. The predicted octanol–water partition coefficient (Wildman–Crippen LogP) is 2.78. The summed E-state index contributed by atoms with van der Waals surface area (Å²) < 4.78 is 5.40. The highest BCUT2D eigenvalue weighted by Crippen LogP contribution is 2.24. The third-order valence-corrected chi connectivity index (χ3v) is 6.01. The Morgan fingerprint density at radius 1 is 1.06 bits per heavy atom. The summed E-state index contributed by atoms with van der Waals surface area (Å²) in [5.74, 6) is -1.50. The molecule has 1 aromatic rings. The minimum atomic E-state index is -1.54. The number of ether oxygens (including phenoxy) is 1. The van der Waals surface area contributed by atoms with Gasteiger partial charge in [0.15, 0.2) is 5.72 Å². The Kier molecular flexibility index (Phi) is 11.7. The van der Waals surface area contributed by atoms with Crippen molar-refractivity contribution in [1.29, 1.82) is 0 Å². The molecule has 2 rings (SSSR count). The van der Waals surface area contributed by atoms with Crippen LogP contribution in [-0.2, 0) is 20.1 Å². The van der Waals surface area contributed by atoms with Gasteiger partial charge < -0.3 is 20.5 Å². The molecule has 1 heterocycles. The summed E-state index contributed by atoms with van der Waals surface area (Å²) in [4.78, 5) is 28.2. The van der Waals surface area contributed by atoms with Crippen LogP contribution in [0.4, 0.5) is 0 Å². The Hall–Kier alpha value is -1.96. The Bertz CT molecular complexity index is 679. The fourth-order valence-corrected chi connectivity index (χ4v) is 3.98. The average Bonchev–Trinajstić information content (AvgIpc) is 2.82. The zero-order valence-corrected chi connectivity index (χ0v) is 19.8. The number of unbranched alkanes of at least 4 members (excludes halogenated alkanes) is 3. The average molecular weight is 448 g/mol. The predicted molar refractivity (Wildman–Crippen MR) is 126 cm³/mol. The van der Waals surface area contributed by atoms with Crippen molar-refractivity contribution in [3.8, 4) is 0 Å². The lowest BCUT2D eigenvalue weighted by molar-refractivity contribution is -0.141. The van der Waals surface area contributed by atoms with E-state index in [2.05, 4.69) is 22.5 Å². The first-order valence-electron chi connectivity index (χ1n) is 12.2. The van der Waals surface area contributed by atoms with Crippen molar-refractivity contribution in [1.82, 2.24) is 15.5 Å². The van der Waals surface area contributed by atoms with Gasteiger partial charge in [0.2, 0.25) is 11.8 Å². The molecule has 1 aliphatic rings. The molecule has 2 amide bonds. The molecule has 1 saturated heterocycles. The van der Waals surface area contributed by atoms with Crippen LogP contribution in [0.2, 0.25) is 0 Å². The Morgan fingerprint density at radius 3 is 2.44 bits per heavy atom. The van der Waals surface area contributed by atoms with Gasteiger partial charge in [0.25, 0.3) is 0 Å². The first-order valence-corrected chi connectivity index (χ1v) is 12.2. The zero-order chi connectivity index (χ0) is 23.2. The van der Waals surface area contributed by atoms with Crippen molar-refractivity contribution >= 4 is 11.8 Å². The van der Waals surface area contributed by atoms with Gasteiger partial charge in [-0.1, -0.05) is 69.9 Å². The van der Waals surface area contributed by atoms with Crippen LogP contribution in [-0.4, -0.2) is 61.2 Å². The maximum absolute atomic E-state index is 13.2. The number of carbonyl (C=O) groups excluding carboxylic acids is 2. The van der Waals surface area contributed by atoms with Crippen molar-refractivity contribution in [3.63, 3.8) is 0 Å². The Labute approximate surface area is 192 Å². The molecule has 0 spiro atoms. The summed E-state index contributed by atoms with van der Waals surface area (Å²) in [6.07, 6.45) is 5.74. The smallest absolute Gasteiger partial charge is 0.235 e. The lowest BCUT2D eigenvalue weighted by Gasteiger charge is -2.34. The molecule has 1 unspecified atom stereocenters. The molecule has 1 aliphatic heterocycles. The highest BCUT2D eigenvalue weighted by Gasteiger charge is 2.36. The van der Waals surface area contributed by atoms with Crippen LogP contribution in [0.5, 0.6) is 0 Å². The normalized spacial score (nSPS) is 17.3. The second kappa shape index (κ2) is 14.2. The van der Waals surface area contributed by atoms with Gasteiger partial charge in [-0.2, -0.15) is 0 Å². The minimum absolute atomic E-state index is 0.260. The second-order valence-corrected chi connectivity index (χ2v) is 8.61. The first-order chi connectivity index (χ1) is 15.5. The number of amides is 2. The number of hydrogen-bond donors (Lipinski definition) is 3. The quantitative estimate of drug-likeness (QED) is 0.232. The van der Waals surface area contributed by atoms with Crippen molar-refractivity contribution in [2.24, 2.45) is 5.92 Å². The highest BCUT2D eigenvalue weighted by atomic mass is 16.5. The van der Waals surface area contributed by atoms with E-state index in [-0.39, 0.29) is 5.91 Å². The molecule has 0 saturated carbocycles. The maximum Gasteiger partial charge on any atom is 0.235 e. The van der Waals surface area contributed by atoms with E-state index in [0.29, 0.717) is 51.1 Å². The van der Waals surface area contributed by atoms with Crippen LogP contribution in [0.15, 0.2) is 30.3 Å². The maximum atomic E-state index is 13.2. The van der Waals surface area contributed by atoms with Gasteiger partial charge in [0.1, 0.15) is 5.92 Å². The molecule has 0 bridgehead atoms. The van der Waals surface area contributed by atoms with Crippen LogP contribution >= 0.6 is 0 Å². The topological polar surface area (TPSA) is 90.9 Å². The minimum Gasteiger partial charge on any atom is -0.379 e. The first kappa shape index (κ1) is 26.3. The number of aliphatic hydroxyl groups is 1. The van der Waals surface area contributed by atoms with Gasteiger partial charge in [0, 0.05) is 38.2 Å². The number of nitrogens with one attached hydrogen (secondary N) is 2. The van der Waals surface area contributed by atoms with Crippen LogP contribution < -0.4 is 10.6 Å². The second-order valence-electron chi connectivity index (χ2n) is 8.61. The van der Waals surface area contributed by atoms with Gasteiger partial charge in [-0.05, 0) is 12.8 Å². The molecular weight excluding hydrogens is 406 g/mol. The van der Waals surface area contributed by atoms with E-state index in [1.807, 2.05) is 37.3 Å². The lowest BCUT2D eigenvalue weighted by atomic mass is 9.95. The number of carbonyl (C=O) groups is 2. The molecule has 0 radical (unpaired) electrons. The molecule has 0 aromatic heterocycles. The summed E-state index contributed by atoms with van der Waals surface area (Å²) in [7, 11) is 0. The zero-order valence-electron chi connectivity index (χ0n) is 19.8. The summed E-state index contributed by atoms with van der Waals surface area (Å²) in [5, 5.41) is 17.3. The molecule has 180 valence electrons. The molecule has 1 fully saturated rings. The summed E-state index contributed by atoms with van der Waals surface area (Å²) in [6.45, 7) is 8.25. The van der Waals surface area contributed by atoms with E-state index in [9.17, 15) is 14.7 Å². The van der Waals surface area contributed by atoms with E-state index in [1.165, 1.54) is 0 Å². The molecule has 2 atom stereocenters. The van der Waals surface area contributed by atoms with E-state index < -0.39 is 17.6 Å². The molecule has 1 aromatic carbocycles. The molecule has 32 heavy (non-hydrogen) atoms. The number of rotatable bonds is 14. The van der Waals surface area contributed by atoms with Crippen LogP contribution in [0, 0.1) is 5.92 Å². The summed E-state index contributed by atoms with van der Waals surface area (Å²) in [6, 6.07) is 9.17. The van der Waals surface area contributed by atoms with Crippen LogP contribution in [0.1, 0.15) is 64.4 Å². The molecule has 7 heteroatoms. The van der Waals surface area contributed by atoms with Crippen molar-refractivity contribution in [2.45, 2.75) is 64.5 Å². The van der Waals surface area contributed by atoms with Gasteiger partial charge in [0.05, 0.1) is 13.2 Å². The lowest BCUT2D eigenvalue weighted by Crippen LogP contribution is -2.52. The molecule has 3 N–H and O–H groups in total. The number of nitrogens with zero attached hydrogens (tertiary/aromatic N) is 1. The number of morpholine rings is 1. The van der Waals surface area contributed by atoms with E-state index in [0.717, 1.165) is 38.8 Å². The fraction of sp³-hybridized carbons (Fsp3) is 0.680. The van der Waals surface area contributed by atoms with Gasteiger partial charge in [-0.3, -0.25) is 14.5 Å². The monoisotopic (exact) mass is 447 g/mol. The van der Waals surface area contributed by atoms with Crippen molar-refractivity contribution in [3.05, 3.63) is 35.9 Å². The van der Waals surface area contributed by atoms with E-state index >= 15 is 0 Å². The number of benzene rings is 1. The SMILES string of the molecule is CCCCCCNC(=O)C(CCC)C(=O)N[C@](O)(CCN1CCOCC1)c1ccccc1. The van der Waals surface area contributed by atoms with Gasteiger partial charge in [-0.25, -0.2) is 0 Å². The molecule has 0 aliphatic carbocycles. The van der Waals surface area contributed by atoms with Gasteiger partial charge in [-0.15, -0.1) is 0 Å². The van der Waals surface area contributed by atoms with E-state index in [4.69, 9.17) is 4.74 Å². The summed E-state index contributed by atoms with van der Waals surface area (Å²) in [5.41, 5.74) is -0.916. The van der Waals surface area contributed by atoms with Crippen LogP contribution in [0.25, 0.3) is 0 Å². The van der Waals surface area contributed by atoms with Crippen molar-refractivity contribution < 1.29 is 19.4 Å². The molecule has 7 nitrogen and oxygen atoms in total. The standard InChI is InChI=1S/C25H41N3O4/c1-3-5-6-10-15-26-23(29)22(11-4-2)24(30)27-25(31,21-12-8-7-9-13-21)14-16-28-17-19-32-20-18-28/h7-9,12-13,22,31H,3-6,10-11,14-20H2,1-2H3,(H,26,29)(H,27,30)/t22?,25-/m0/s1. The van der Waals surface area contributed by atoms with Gasteiger partial charge >= 0.3 is 0 Å². The van der Waals surface area contributed by atoms with Crippen molar-refractivity contribution in [2.75, 3.05) is 39.4 Å². The molecular formula is C25H41N3O4. The third kappa shape index (κ3) is 8.52. The highest BCUT2D eigenvalue weighted by molar-refractivity contribution is 6.00. The van der Waals surface area contributed by atoms with Crippen LogP contribution in [0.3, 0.4) is 0 Å². The fourth-order valence-electron chi connectivity index (χ4n) is 3.98. The summed E-state index contributed by atoms with van der Waals surface area (Å²) >= 11 is 0. The number of hydrogen-bond acceptors (Lipinski definition) is 5. The van der Waals surface area contributed by atoms with E-state index in [1.54, 1.807) is 0 Å². The third-order valence-electron chi connectivity index (χ3n) is 6.01. The largest absolute Gasteiger partial charge is 0.379 e.